The third kappa shape index (κ3) is 4.35. The number of carbonyl (C=O) groups excluding carboxylic acids is 1. The number of carbonyl (C=O) groups is 1. The van der Waals surface area contributed by atoms with Crippen molar-refractivity contribution in [3.05, 3.63) is 29.8 Å². The van der Waals surface area contributed by atoms with E-state index in [0.29, 0.717) is 13.1 Å². The number of nitrogens with zero attached hydrogens (tertiary/aromatic N) is 1. The minimum Gasteiger partial charge on any atom is -0.399 e. The van der Waals surface area contributed by atoms with Crippen molar-refractivity contribution in [3.8, 4) is 0 Å². The summed E-state index contributed by atoms with van der Waals surface area (Å²) < 4.78 is 0. The molecule has 15 heavy (non-hydrogen) atoms. The Hall–Kier alpha value is -1.71. The number of urea groups is 1. The lowest BCUT2D eigenvalue weighted by atomic mass is 10.1. The Labute approximate surface area is 89.9 Å². The van der Waals surface area contributed by atoms with Crippen LogP contribution in [0.2, 0.25) is 0 Å². The normalized spacial score (nSPS) is 9.67. The fourth-order valence-corrected chi connectivity index (χ4v) is 1.20. The molecular weight excluding hydrogens is 190 g/mol. The first kappa shape index (κ1) is 11.4. The molecule has 3 N–H and O–H groups in total. The van der Waals surface area contributed by atoms with Crippen molar-refractivity contribution in [2.24, 2.45) is 0 Å². The van der Waals surface area contributed by atoms with Crippen LogP contribution < -0.4 is 16.4 Å². The molecular formula is C11H16N3O. The summed E-state index contributed by atoms with van der Waals surface area (Å²) in [6.07, 6.45) is 0.797. The van der Waals surface area contributed by atoms with Gasteiger partial charge in [-0.05, 0) is 31.0 Å². The summed E-state index contributed by atoms with van der Waals surface area (Å²) in [7, 11) is 0. The molecule has 0 aliphatic rings. The van der Waals surface area contributed by atoms with Gasteiger partial charge in [-0.2, -0.15) is 0 Å². The Kier molecular flexibility index (Phi) is 4.47. The highest BCUT2D eigenvalue weighted by molar-refractivity contribution is 5.73. The highest BCUT2D eigenvalue weighted by Crippen LogP contribution is 2.05. The van der Waals surface area contributed by atoms with Crippen molar-refractivity contribution < 1.29 is 4.79 Å². The van der Waals surface area contributed by atoms with Gasteiger partial charge < -0.3 is 11.1 Å². The Bertz CT molecular complexity index is 308. The van der Waals surface area contributed by atoms with Crippen molar-refractivity contribution in [3.63, 3.8) is 0 Å². The zero-order valence-corrected chi connectivity index (χ0v) is 8.86. The molecule has 0 aromatic heterocycles. The minimum absolute atomic E-state index is 0.243. The number of anilines is 1. The molecule has 2 amide bonds. The van der Waals surface area contributed by atoms with Gasteiger partial charge in [0.2, 0.25) is 0 Å². The Morgan fingerprint density at radius 1 is 1.40 bits per heavy atom. The molecule has 0 aliphatic heterocycles. The number of benzene rings is 1. The third-order valence-corrected chi connectivity index (χ3v) is 1.97. The molecule has 1 rings (SSSR count). The van der Waals surface area contributed by atoms with E-state index < -0.39 is 0 Å². The maximum atomic E-state index is 11.0. The van der Waals surface area contributed by atoms with Crippen molar-refractivity contribution in [2.45, 2.75) is 13.3 Å². The topological polar surface area (TPSA) is 69.2 Å². The number of hydrogen-bond donors (Lipinski definition) is 2. The summed E-state index contributed by atoms with van der Waals surface area (Å²) in [5.41, 5.74) is 7.47. The summed E-state index contributed by atoms with van der Waals surface area (Å²) in [5.74, 6) is 0. The van der Waals surface area contributed by atoms with Crippen LogP contribution in [0.3, 0.4) is 0 Å². The zero-order valence-electron chi connectivity index (χ0n) is 8.86. The van der Waals surface area contributed by atoms with Gasteiger partial charge in [0.05, 0.1) is 0 Å². The van der Waals surface area contributed by atoms with Crippen LogP contribution >= 0.6 is 0 Å². The Morgan fingerprint density at radius 2 is 2.07 bits per heavy atom. The Morgan fingerprint density at radius 3 is 2.67 bits per heavy atom. The highest BCUT2D eigenvalue weighted by atomic mass is 16.2. The molecule has 0 unspecified atom stereocenters. The molecule has 0 saturated carbocycles. The Balaban J connectivity index is 2.26. The number of hydrogen-bond acceptors (Lipinski definition) is 2. The second-order valence-electron chi connectivity index (χ2n) is 3.20. The molecule has 1 aromatic carbocycles. The van der Waals surface area contributed by atoms with Gasteiger partial charge in [0.1, 0.15) is 0 Å². The summed E-state index contributed by atoms with van der Waals surface area (Å²) >= 11 is 0. The fourth-order valence-electron chi connectivity index (χ4n) is 1.20. The van der Waals surface area contributed by atoms with Gasteiger partial charge in [0, 0.05) is 18.8 Å². The maximum Gasteiger partial charge on any atom is 0.336 e. The largest absolute Gasteiger partial charge is 0.399 e. The van der Waals surface area contributed by atoms with Crippen LogP contribution in [-0.2, 0) is 6.42 Å². The van der Waals surface area contributed by atoms with Gasteiger partial charge in [0.15, 0.2) is 0 Å². The first-order valence-electron chi connectivity index (χ1n) is 5.02. The van der Waals surface area contributed by atoms with Crippen molar-refractivity contribution in [1.29, 1.82) is 0 Å². The summed E-state index contributed by atoms with van der Waals surface area (Å²) in [5, 5.41) is 6.41. The van der Waals surface area contributed by atoms with Gasteiger partial charge in [-0.15, -0.1) is 0 Å². The number of nitrogen functional groups attached to an aromatic ring is 1. The van der Waals surface area contributed by atoms with Crippen LogP contribution in [0, 0.1) is 0 Å². The molecule has 0 fully saturated rings. The van der Waals surface area contributed by atoms with Crippen LogP contribution in [-0.4, -0.2) is 19.1 Å². The molecule has 0 spiro atoms. The van der Waals surface area contributed by atoms with E-state index in [-0.39, 0.29) is 6.03 Å². The second-order valence-corrected chi connectivity index (χ2v) is 3.20. The quantitative estimate of drug-likeness (QED) is 0.725. The molecule has 0 atom stereocenters. The number of rotatable bonds is 4. The third-order valence-electron chi connectivity index (χ3n) is 1.97. The molecule has 1 aromatic rings. The summed E-state index contributed by atoms with van der Waals surface area (Å²) in [6.45, 7) is 2.96. The average molecular weight is 206 g/mol. The first-order valence-corrected chi connectivity index (χ1v) is 5.02. The average Bonchev–Trinajstić information content (AvgIpc) is 2.21. The lowest BCUT2D eigenvalue weighted by Gasteiger charge is -2.04. The van der Waals surface area contributed by atoms with Gasteiger partial charge >= 0.3 is 6.03 Å². The van der Waals surface area contributed by atoms with E-state index in [1.54, 1.807) is 0 Å². The van der Waals surface area contributed by atoms with Crippen molar-refractivity contribution in [1.82, 2.24) is 10.6 Å². The molecule has 81 valence electrons. The smallest absolute Gasteiger partial charge is 0.336 e. The van der Waals surface area contributed by atoms with E-state index in [4.69, 9.17) is 5.73 Å². The number of nitrogens with one attached hydrogen (secondary N) is 1. The summed E-state index contributed by atoms with van der Waals surface area (Å²) in [6, 6.07) is 7.38. The van der Waals surface area contributed by atoms with Crippen molar-refractivity contribution >= 4 is 11.7 Å². The van der Waals surface area contributed by atoms with E-state index in [1.165, 1.54) is 0 Å². The number of amides is 2. The standard InChI is InChI=1S/C11H16N3O/c1-2-13-11(15)14-8-7-9-3-5-10(12)6-4-9/h3-6H,2,7-8,12H2,1H3,(H,14,15). The SMILES string of the molecule is CC[N]C(=O)NCCc1ccc(N)cc1. The van der Waals surface area contributed by atoms with E-state index >= 15 is 0 Å². The van der Waals surface area contributed by atoms with E-state index in [2.05, 4.69) is 10.6 Å². The van der Waals surface area contributed by atoms with Gasteiger partial charge in [-0.1, -0.05) is 12.1 Å². The molecule has 0 saturated heterocycles. The molecule has 0 aliphatic carbocycles. The predicted octanol–water partition coefficient (Wildman–Crippen LogP) is 1.15. The lowest BCUT2D eigenvalue weighted by Crippen LogP contribution is -2.31. The predicted molar refractivity (Wildman–Crippen MR) is 60.6 cm³/mol. The van der Waals surface area contributed by atoms with E-state index in [9.17, 15) is 4.79 Å². The van der Waals surface area contributed by atoms with Gasteiger partial charge in [0.25, 0.3) is 0 Å². The van der Waals surface area contributed by atoms with Crippen LogP contribution in [0.5, 0.6) is 0 Å². The highest BCUT2D eigenvalue weighted by Gasteiger charge is 1.98. The molecule has 4 nitrogen and oxygen atoms in total. The fraction of sp³-hybridized carbons (Fsp3) is 0.364. The monoisotopic (exact) mass is 206 g/mol. The molecule has 0 heterocycles. The van der Waals surface area contributed by atoms with Crippen LogP contribution in [0.15, 0.2) is 24.3 Å². The molecule has 4 heteroatoms. The van der Waals surface area contributed by atoms with Gasteiger partial charge in [-0.25, -0.2) is 10.1 Å². The minimum atomic E-state index is -0.243. The van der Waals surface area contributed by atoms with Gasteiger partial charge in [-0.3, -0.25) is 0 Å². The van der Waals surface area contributed by atoms with Crippen LogP contribution in [0.4, 0.5) is 10.5 Å². The van der Waals surface area contributed by atoms with Crippen LogP contribution in [0.1, 0.15) is 12.5 Å². The zero-order chi connectivity index (χ0) is 11.1. The first-order chi connectivity index (χ1) is 7.22. The van der Waals surface area contributed by atoms with Crippen LogP contribution in [0.25, 0.3) is 0 Å². The second kappa shape index (κ2) is 5.90. The number of nitrogens with two attached hydrogens (primary N) is 1. The molecule has 1 radical (unpaired) electrons. The van der Waals surface area contributed by atoms with E-state index in [0.717, 1.165) is 17.7 Å². The summed E-state index contributed by atoms with van der Waals surface area (Å²) in [4.78, 5) is 11.0. The lowest BCUT2D eigenvalue weighted by molar-refractivity contribution is 0.241. The molecule has 0 bridgehead atoms. The van der Waals surface area contributed by atoms with Crippen molar-refractivity contribution in [2.75, 3.05) is 18.8 Å². The van der Waals surface area contributed by atoms with E-state index in [1.807, 2.05) is 31.2 Å². The maximum absolute atomic E-state index is 11.0.